The van der Waals surface area contributed by atoms with E-state index in [9.17, 15) is 4.79 Å². The minimum absolute atomic E-state index is 0.146. The summed E-state index contributed by atoms with van der Waals surface area (Å²) in [6.45, 7) is 21.6. The molecule has 0 aliphatic heterocycles. The Morgan fingerprint density at radius 2 is 1.46 bits per heavy atom. The first-order valence-electron chi connectivity index (χ1n) is 16.4. The van der Waals surface area contributed by atoms with Crippen LogP contribution in [0.2, 0.25) is 0 Å². The number of unbranched alkanes of at least 4 members (excludes halogenated alkanes) is 1. The fraction of sp³-hybridized carbons (Fsp3) is 0.658. The molecule has 1 aliphatic rings. The Bertz CT molecular complexity index is 863. The summed E-state index contributed by atoms with van der Waals surface area (Å²) in [5.74, 6) is 2.79. The van der Waals surface area contributed by atoms with Crippen LogP contribution in [0.15, 0.2) is 42.5 Å². The first kappa shape index (κ1) is 37.1. The van der Waals surface area contributed by atoms with Gasteiger partial charge in [-0.25, -0.2) is 0 Å². The zero-order chi connectivity index (χ0) is 29.6. The van der Waals surface area contributed by atoms with Gasteiger partial charge in [0.15, 0.2) is 5.78 Å². The zero-order valence-electron chi connectivity index (χ0n) is 27.7. The maximum atomic E-state index is 11.1. The Hall–Kier alpha value is -1.89. The van der Waals surface area contributed by atoms with Crippen LogP contribution in [0.1, 0.15) is 153 Å². The summed E-state index contributed by atoms with van der Waals surface area (Å²) in [5.41, 5.74) is 6.85. The third-order valence-corrected chi connectivity index (χ3v) is 7.97. The van der Waals surface area contributed by atoms with Gasteiger partial charge in [-0.3, -0.25) is 4.79 Å². The monoisotopic (exact) mass is 536 g/mol. The van der Waals surface area contributed by atoms with Gasteiger partial charge in [0.05, 0.1) is 0 Å². The van der Waals surface area contributed by atoms with Crippen LogP contribution in [-0.2, 0) is 25.7 Å². The van der Waals surface area contributed by atoms with E-state index in [1.165, 1.54) is 81.8 Å². The molecule has 2 aromatic carbocycles. The fourth-order valence-electron chi connectivity index (χ4n) is 4.92. The van der Waals surface area contributed by atoms with Crippen molar-refractivity contribution < 1.29 is 4.79 Å². The molecule has 1 aliphatic carbocycles. The lowest BCUT2D eigenvalue weighted by Crippen LogP contribution is -2.11. The van der Waals surface area contributed by atoms with Crippen LogP contribution in [0, 0.1) is 17.8 Å². The van der Waals surface area contributed by atoms with Crippen LogP contribution in [0.5, 0.6) is 0 Å². The summed E-state index contributed by atoms with van der Waals surface area (Å²) in [4.78, 5) is 11.1. The number of hydrogen-bond acceptors (Lipinski definition) is 1. The average Bonchev–Trinajstić information content (AvgIpc) is 2.96. The molecule has 0 saturated heterocycles. The Morgan fingerprint density at radius 3 is 1.97 bits per heavy atom. The van der Waals surface area contributed by atoms with Crippen molar-refractivity contribution in [1.29, 1.82) is 0 Å². The van der Waals surface area contributed by atoms with Crippen LogP contribution >= 0.6 is 0 Å². The molecule has 222 valence electrons. The number of carbonyl (C=O) groups is 1. The molecule has 1 nitrogen and oxygen atoms in total. The number of aryl methyl sites for hydroxylation is 3. The number of hydrogen-bond donors (Lipinski definition) is 0. The Balaban J connectivity index is 0.000000580. The molecule has 0 saturated carbocycles. The van der Waals surface area contributed by atoms with Crippen molar-refractivity contribution in [1.82, 2.24) is 0 Å². The first-order valence-corrected chi connectivity index (χ1v) is 16.4. The summed E-state index contributed by atoms with van der Waals surface area (Å²) in [6, 6.07) is 15.1. The van der Waals surface area contributed by atoms with Gasteiger partial charge in [0.25, 0.3) is 0 Å². The predicted octanol–water partition coefficient (Wildman–Crippen LogP) is 11.9. The number of Topliss-reactive ketones (excluding diaryl/α,β-unsaturated/α-hetero) is 1. The van der Waals surface area contributed by atoms with E-state index in [1.807, 2.05) is 26.0 Å². The van der Waals surface area contributed by atoms with Crippen molar-refractivity contribution in [2.75, 3.05) is 0 Å². The summed E-state index contributed by atoms with van der Waals surface area (Å²) >= 11 is 0. The maximum Gasteiger partial charge on any atom is 0.159 e. The second-order valence-electron chi connectivity index (χ2n) is 11.6. The van der Waals surface area contributed by atoms with Gasteiger partial charge in [0.1, 0.15) is 0 Å². The largest absolute Gasteiger partial charge is 0.295 e. The second kappa shape index (κ2) is 22.9. The van der Waals surface area contributed by atoms with Crippen molar-refractivity contribution in [3.63, 3.8) is 0 Å². The Morgan fingerprint density at radius 1 is 0.821 bits per heavy atom. The number of fused-ring (bicyclic) bond motifs is 1. The molecule has 0 aromatic heterocycles. The molecule has 0 bridgehead atoms. The van der Waals surface area contributed by atoms with E-state index in [1.54, 1.807) is 18.1 Å². The van der Waals surface area contributed by atoms with E-state index in [-0.39, 0.29) is 5.78 Å². The van der Waals surface area contributed by atoms with Gasteiger partial charge in [-0.15, -0.1) is 0 Å². The molecule has 0 spiro atoms. The van der Waals surface area contributed by atoms with E-state index >= 15 is 0 Å². The minimum atomic E-state index is 0.146. The highest BCUT2D eigenvalue weighted by atomic mass is 16.1. The predicted molar refractivity (Wildman–Crippen MR) is 176 cm³/mol. The zero-order valence-corrected chi connectivity index (χ0v) is 27.7. The van der Waals surface area contributed by atoms with Crippen LogP contribution in [0.25, 0.3) is 0 Å². The summed E-state index contributed by atoms with van der Waals surface area (Å²) in [7, 11) is 0. The molecular weight excluding hydrogens is 472 g/mol. The normalized spacial score (nSPS) is 15.2. The van der Waals surface area contributed by atoms with Gasteiger partial charge in [-0.2, -0.15) is 0 Å². The number of carbonyl (C=O) groups excluding carboxylic acids is 1. The number of rotatable bonds is 11. The standard InChI is InChI=1S/C16H24O.C13H18.C7H16.C2H6/c1-4-5-6-13(2)7-8-15-9-11-16(12-10-15)14(3)17;1-3-11-5-7-12-8-10(2)4-6-13(12)9-11;1-4-6-7(3)5-2;1-2/h9-13H,4-8H2,1-3H3;5,7,9-10H,3-4,6,8H2,1-2H3;7H,4-6H2,1-3H3;1-2H3. The third-order valence-electron chi connectivity index (χ3n) is 7.97. The van der Waals surface area contributed by atoms with E-state index < -0.39 is 0 Å². The summed E-state index contributed by atoms with van der Waals surface area (Å²) in [5, 5.41) is 0. The summed E-state index contributed by atoms with van der Waals surface area (Å²) < 4.78 is 0. The first-order chi connectivity index (χ1) is 18.7. The second-order valence-corrected chi connectivity index (χ2v) is 11.6. The highest BCUT2D eigenvalue weighted by Crippen LogP contribution is 2.26. The van der Waals surface area contributed by atoms with Crippen LogP contribution in [0.3, 0.4) is 0 Å². The van der Waals surface area contributed by atoms with E-state index in [2.05, 4.69) is 78.8 Å². The smallest absolute Gasteiger partial charge is 0.159 e. The maximum absolute atomic E-state index is 11.1. The molecule has 0 heterocycles. The Labute approximate surface area is 244 Å². The average molecular weight is 537 g/mol. The third kappa shape index (κ3) is 16.7. The van der Waals surface area contributed by atoms with E-state index in [0.717, 1.165) is 29.7 Å². The number of benzene rings is 2. The van der Waals surface area contributed by atoms with Gasteiger partial charge in [0.2, 0.25) is 0 Å². The lowest BCUT2D eigenvalue weighted by Gasteiger charge is -2.21. The lowest BCUT2D eigenvalue weighted by molar-refractivity contribution is 0.101. The van der Waals surface area contributed by atoms with Gasteiger partial charge < -0.3 is 0 Å². The van der Waals surface area contributed by atoms with Gasteiger partial charge in [-0.05, 0) is 85.5 Å². The fourth-order valence-corrected chi connectivity index (χ4v) is 4.92. The molecule has 0 radical (unpaired) electrons. The SMILES string of the molecule is CC.CCCC(C)CC.CCCCC(C)CCc1ccc(C(C)=O)cc1.CCc1ccc2c(c1)CCC(C)C2. The van der Waals surface area contributed by atoms with Crippen molar-refractivity contribution in [3.8, 4) is 0 Å². The molecule has 1 heteroatoms. The molecular formula is C38H64O. The molecule has 3 atom stereocenters. The molecule has 0 fully saturated rings. The number of ketones is 1. The van der Waals surface area contributed by atoms with Crippen molar-refractivity contribution in [2.24, 2.45) is 17.8 Å². The van der Waals surface area contributed by atoms with E-state index in [4.69, 9.17) is 0 Å². The highest BCUT2D eigenvalue weighted by Gasteiger charge is 2.14. The van der Waals surface area contributed by atoms with Crippen LogP contribution in [-0.4, -0.2) is 5.78 Å². The van der Waals surface area contributed by atoms with Crippen molar-refractivity contribution in [2.45, 2.75) is 146 Å². The topological polar surface area (TPSA) is 17.1 Å². The quantitative estimate of drug-likeness (QED) is 0.261. The molecule has 39 heavy (non-hydrogen) atoms. The molecule has 0 N–H and O–H groups in total. The Kier molecular flexibility index (Phi) is 21.8. The van der Waals surface area contributed by atoms with Crippen molar-refractivity contribution >= 4 is 5.78 Å². The molecule has 3 unspecified atom stereocenters. The molecule has 2 aromatic rings. The molecule has 0 amide bonds. The highest BCUT2D eigenvalue weighted by molar-refractivity contribution is 5.93. The lowest BCUT2D eigenvalue weighted by atomic mass is 9.84. The van der Waals surface area contributed by atoms with Gasteiger partial charge in [0, 0.05) is 5.56 Å². The van der Waals surface area contributed by atoms with Gasteiger partial charge >= 0.3 is 0 Å². The van der Waals surface area contributed by atoms with Crippen LogP contribution in [0.4, 0.5) is 0 Å². The van der Waals surface area contributed by atoms with Crippen molar-refractivity contribution in [3.05, 3.63) is 70.3 Å². The van der Waals surface area contributed by atoms with Gasteiger partial charge in [-0.1, -0.05) is 143 Å². The summed E-state index contributed by atoms with van der Waals surface area (Å²) in [6.07, 6.45) is 15.6. The van der Waals surface area contributed by atoms with Crippen LogP contribution < -0.4 is 0 Å². The molecule has 3 rings (SSSR count). The van der Waals surface area contributed by atoms with E-state index in [0.29, 0.717) is 0 Å². The minimum Gasteiger partial charge on any atom is -0.295 e.